The van der Waals surface area contributed by atoms with E-state index in [1.165, 1.54) is 16.5 Å². The SMILES string of the molecule is CCO[N+](C)=C(O)CC1=CC=C(C=N)C2C1=CC=CC2C. The molecule has 0 fully saturated rings. The first-order chi connectivity index (χ1) is 10.1. The van der Waals surface area contributed by atoms with Crippen molar-refractivity contribution in [3.63, 3.8) is 0 Å². The molecule has 4 nitrogen and oxygen atoms in total. The monoisotopic (exact) mass is 287 g/mol. The summed E-state index contributed by atoms with van der Waals surface area (Å²) in [5.41, 5.74) is 3.27. The zero-order chi connectivity index (χ0) is 15.4. The van der Waals surface area contributed by atoms with Crippen LogP contribution >= 0.6 is 0 Å². The molecule has 21 heavy (non-hydrogen) atoms. The third-order valence-electron chi connectivity index (χ3n) is 3.96. The fourth-order valence-corrected chi connectivity index (χ4v) is 2.87. The first kappa shape index (κ1) is 15.3. The van der Waals surface area contributed by atoms with Crippen LogP contribution in [-0.4, -0.2) is 35.6 Å². The van der Waals surface area contributed by atoms with Gasteiger partial charge in [0.1, 0.15) is 0 Å². The summed E-state index contributed by atoms with van der Waals surface area (Å²) in [6, 6.07) is 0. The number of aliphatic hydroxyl groups is 1. The summed E-state index contributed by atoms with van der Waals surface area (Å²) in [6.07, 6.45) is 12.1. The van der Waals surface area contributed by atoms with Gasteiger partial charge in [-0.2, -0.15) is 0 Å². The van der Waals surface area contributed by atoms with E-state index >= 15 is 0 Å². The van der Waals surface area contributed by atoms with Gasteiger partial charge in [0.2, 0.25) is 0 Å². The Bertz CT molecular complexity index is 580. The normalized spacial score (nSPS) is 25.2. The number of nitrogens with one attached hydrogen (secondary N) is 1. The molecule has 0 saturated heterocycles. The van der Waals surface area contributed by atoms with Crippen molar-refractivity contribution in [2.75, 3.05) is 13.7 Å². The van der Waals surface area contributed by atoms with Crippen LogP contribution in [0.15, 0.2) is 47.1 Å². The molecule has 112 valence electrons. The van der Waals surface area contributed by atoms with Crippen molar-refractivity contribution < 1.29 is 14.7 Å². The van der Waals surface area contributed by atoms with E-state index in [1.54, 1.807) is 7.05 Å². The maximum Gasteiger partial charge on any atom is 0.386 e. The fourth-order valence-electron chi connectivity index (χ4n) is 2.87. The Morgan fingerprint density at radius 1 is 1.43 bits per heavy atom. The lowest BCUT2D eigenvalue weighted by molar-refractivity contribution is -0.772. The Morgan fingerprint density at radius 3 is 2.86 bits per heavy atom. The summed E-state index contributed by atoms with van der Waals surface area (Å²) in [4.78, 5) is 5.28. The van der Waals surface area contributed by atoms with Crippen LogP contribution in [0.2, 0.25) is 0 Å². The van der Waals surface area contributed by atoms with Gasteiger partial charge in [0.25, 0.3) is 0 Å². The largest absolute Gasteiger partial charge is 0.460 e. The maximum absolute atomic E-state index is 10.1. The van der Waals surface area contributed by atoms with Crippen LogP contribution in [0, 0.1) is 17.2 Å². The highest BCUT2D eigenvalue weighted by Gasteiger charge is 2.30. The molecule has 0 saturated carbocycles. The van der Waals surface area contributed by atoms with Gasteiger partial charge in [-0.15, -0.1) is 0 Å². The molecule has 0 aromatic carbocycles. The van der Waals surface area contributed by atoms with Crippen molar-refractivity contribution in [1.29, 1.82) is 5.41 Å². The van der Waals surface area contributed by atoms with Crippen LogP contribution in [0.5, 0.6) is 0 Å². The van der Waals surface area contributed by atoms with E-state index in [1.807, 2.05) is 19.1 Å². The minimum atomic E-state index is 0.191. The fraction of sp³-hybridized carbons (Fsp3) is 0.412. The van der Waals surface area contributed by atoms with E-state index in [0.717, 1.165) is 11.1 Å². The molecule has 0 bridgehead atoms. The minimum absolute atomic E-state index is 0.191. The van der Waals surface area contributed by atoms with Gasteiger partial charge >= 0.3 is 5.90 Å². The molecule has 0 heterocycles. The van der Waals surface area contributed by atoms with Gasteiger partial charge in [0.15, 0.2) is 13.7 Å². The van der Waals surface area contributed by atoms with Gasteiger partial charge in [-0.1, -0.05) is 37.3 Å². The van der Waals surface area contributed by atoms with E-state index in [-0.39, 0.29) is 11.8 Å². The highest BCUT2D eigenvalue weighted by Crippen LogP contribution is 2.39. The first-order valence-electron chi connectivity index (χ1n) is 7.29. The Morgan fingerprint density at radius 2 is 2.19 bits per heavy atom. The molecule has 2 aliphatic rings. The highest BCUT2D eigenvalue weighted by molar-refractivity contribution is 5.82. The van der Waals surface area contributed by atoms with Gasteiger partial charge < -0.3 is 10.5 Å². The molecule has 2 rings (SSSR count). The lowest BCUT2D eigenvalue weighted by atomic mass is 9.72. The molecular weight excluding hydrogens is 264 g/mol. The molecule has 0 amide bonds. The van der Waals surface area contributed by atoms with E-state index < -0.39 is 0 Å². The first-order valence-corrected chi connectivity index (χ1v) is 7.29. The third-order valence-corrected chi connectivity index (χ3v) is 3.96. The van der Waals surface area contributed by atoms with E-state index in [9.17, 15) is 5.11 Å². The molecule has 0 aromatic heterocycles. The second kappa shape index (κ2) is 6.57. The van der Waals surface area contributed by atoms with Crippen LogP contribution in [0.25, 0.3) is 0 Å². The molecule has 4 heteroatoms. The zero-order valence-electron chi connectivity index (χ0n) is 12.8. The summed E-state index contributed by atoms with van der Waals surface area (Å²) < 4.78 is 1.41. The Labute approximate surface area is 125 Å². The number of hydrogen-bond acceptors (Lipinski definition) is 2. The molecule has 2 atom stereocenters. The summed E-state index contributed by atoms with van der Waals surface area (Å²) >= 11 is 0. The van der Waals surface area contributed by atoms with Gasteiger partial charge in [0, 0.05) is 16.9 Å². The van der Waals surface area contributed by atoms with Gasteiger partial charge in [0.05, 0.1) is 6.42 Å². The quantitative estimate of drug-likeness (QED) is 0.353. The molecular formula is C17H23N2O2+. The standard InChI is InChI=1S/C17H22N2O2/c1-4-21-19(3)16(20)10-13-8-9-14(11-18)17-12(2)6-5-7-15(13)17/h5-9,11-12,17-18H,4,10H2,1-3H3/p+1. The predicted octanol–water partition coefficient (Wildman–Crippen LogP) is 3.19. The van der Waals surface area contributed by atoms with Crippen LogP contribution in [-0.2, 0) is 4.84 Å². The van der Waals surface area contributed by atoms with Crippen molar-refractivity contribution in [2.45, 2.75) is 20.3 Å². The topological polar surface area (TPSA) is 56.3 Å². The van der Waals surface area contributed by atoms with Crippen molar-refractivity contribution in [1.82, 2.24) is 0 Å². The van der Waals surface area contributed by atoms with Gasteiger partial charge in [-0.3, -0.25) is 4.84 Å². The van der Waals surface area contributed by atoms with Crippen LogP contribution in [0.1, 0.15) is 20.3 Å². The smallest absolute Gasteiger partial charge is 0.386 e. The van der Waals surface area contributed by atoms with Crippen LogP contribution in [0.3, 0.4) is 0 Å². The van der Waals surface area contributed by atoms with Crippen molar-refractivity contribution >= 4 is 12.1 Å². The Balaban J connectivity index is 2.31. The number of aliphatic hydroxyl groups excluding tert-OH is 1. The lowest BCUT2D eigenvalue weighted by Crippen LogP contribution is -2.24. The number of nitrogens with zero attached hydrogens (tertiary/aromatic N) is 1. The molecule has 0 aromatic rings. The number of rotatable bonds is 5. The summed E-state index contributed by atoms with van der Waals surface area (Å²) in [5.74, 6) is 0.752. The average Bonchev–Trinajstić information content (AvgIpc) is 2.48. The van der Waals surface area contributed by atoms with Crippen LogP contribution < -0.4 is 0 Å². The minimum Gasteiger partial charge on any atom is -0.460 e. The predicted molar refractivity (Wildman–Crippen MR) is 84.9 cm³/mol. The number of allylic oxidation sites excluding steroid dienone is 7. The highest BCUT2D eigenvalue weighted by atomic mass is 16.7. The summed E-state index contributed by atoms with van der Waals surface area (Å²) in [6.45, 7) is 4.56. The van der Waals surface area contributed by atoms with Crippen molar-refractivity contribution in [3.05, 3.63) is 47.1 Å². The maximum atomic E-state index is 10.1. The molecule has 0 radical (unpaired) electrons. The van der Waals surface area contributed by atoms with E-state index in [4.69, 9.17) is 10.2 Å². The molecule has 2 unspecified atom stereocenters. The second-order valence-corrected chi connectivity index (χ2v) is 5.35. The van der Waals surface area contributed by atoms with Crippen LogP contribution in [0.4, 0.5) is 0 Å². The Hall–Kier alpha value is -2.10. The number of hydrogen-bond donors (Lipinski definition) is 2. The number of fused-ring (bicyclic) bond motifs is 1. The zero-order valence-corrected chi connectivity index (χ0v) is 12.8. The van der Waals surface area contributed by atoms with E-state index in [2.05, 4.69) is 25.2 Å². The summed E-state index contributed by atoms with van der Waals surface area (Å²) in [5, 5.41) is 17.7. The van der Waals surface area contributed by atoms with Gasteiger partial charge in [-0.05, 0) is 29.6 Å². The number of hydroxylamine groups is 1. The molecule has 0 aliphatic heterocycles. The molecule has 0 spiro atoms. The molecule has 2 N–H and O–H groups in total. The van der Waals surface area contributed by atoms with Crippen molar-refractivity contribution in [3.8, 4) is 0 Å². The van der Waals surface area contributed by atoms with Gasteiger partial charge in [-0.25, -0.2) is 0 Å². The Kier molecular flexibility index (Phi) is 4.78. The third kappa shape index (κ3) is 3.15. The van der Waals surface area contributed by atoms with E-state index in [0.29, 0.717) is 18.9 Å². The molecule has 2 aliphatic carbocycles. The second-order valence-electron chi connectivity index (χ2n) is 5.35. The average molecular weight is 287 g/mol. The van der Waals surface area contributed by atoms with Crippen molar-refractivity contribution in [2.24, 2.45) is 11.8 Å². The lowest BCUT2D eigenvalue weighted by Gasteiger charge is -2.31. The summed E-state index contributed by atoms with van der Waals surface area (Å²) in [7, 11) is 1.70.